The van der Waals surface area contributed by atoms with Crippen molar-refractivity contribution in [1.82, 2.24) is 5.32 Å². The number of hydrogen-bond donors (Lipinski definition) is 2. The van der Waals surface area contributed by atoms with Crippen LogP contribution in [0.4, 0.5) is 11.4 Å². The lowest BCUT2D eigenvalue weighted by Crippen LogP contribution is -2.36. The van der Waals surface area contributed by atoms with Crippen LogP contribution in [0.25, 0.3) is 0 Å². The minimum absolute atomic E-state index is 0.124. The minimum atomic E-state index is -0.225. The summed E-state index contributed by atoms with van der Waals surface area (Å²) in [5.74, 6) is -0.349. The molecule has 140 valence electrons. The molecule has 2 fully saturated rings. The largest absolute Gasteiger partial charge is 0.378 e. The Kier molecular flexibility index (Phi) is 5.07. The monoisotopic (exact) mass is 365 g/mol. The number of carbonyl (C=O) groups is 2. The molecule has 2 aromatic carbocycles. The number of nitrogens with one attached hydrogen (secondary N) is 2. The molecule has 27 heavy (non-hydrogen) atoms. The van der Waals surface area contributed by atoms with Gasteiger partial charge in [0.25, 0.3) is 11.8 Å². The summed E-state index contributed by atoms with van der Waals surface area (Å²) < 4.78 is 5.41. The van der Waals surface area contributed by atoms with E-state index >= 15 is 0 Å². The fourth-order valence-electron chi connectivity index (χ4n) is 3.15. The molecule has 2 aromatic rings. The second-order valence-electron chi connectivity index (χ2n) is 6.90. The third-order valence-corrected chi connectivity index (χ3v) is 4.80. The van der Waals surface area contributed by atoms with Crippen molar-refractivity contribution in [2.75, 3.05) is 36.5 Å². The summed E-state index contributed by atoms with van der Waals surface area (Å²) in [6.07, 6.45) is 2.06. The summed E-state index contributed by atoms with van der Waals surface area (Å²) in [6.45, 7) is 2.95. The summed E-state index contributed by atoms with van der Waals surface area (Å²) in [5, 5.41) is 5.94. The third kappa shape index (κ3) is 4.28. The highest BCUT2D eigenvalue weighted by Gasteiger charge is 2.24. The van der Waals surface area contributed by atoms with E-state index in [0.29, 0.717) is 24.3 Å². The number of amides is 2. The SMILES string of the molecule is O=C(Nc1ccccc1N1CCOCC1)c1cccc(C(=O)NC2CC2)c1. The molecular weight excluding hydrogens is 342 g/mol. The van der Waals surface area contributed by atoms with Crippen LogP contribution >= 0.6 is 0 Å². The standard InChI is InChI=1S/C21H23N3O3/c25-20(22-17-8-9-17)15-4-3-5-16(14-15)21(26)23-18-6-1-2-7-19(18)24-10-12-27-13-11-24/h1-7,14,17H,8-13H2,(H,22,25)(H,23,26). The van der Waals surface area contributed by atoms with Crippen molar-refractivity contribution < 1.29 is 14.3 Å². The molecule has 1 aliphatic carbocycles. The van der Waals surface area contributed by atoms with Gasteiger partial charge < -0.3 is 20.3 Å². The fourth-order valence-corrected chi connectivity index (χ4v) is 3.15. The average Bonchev–Trinajstić information content (AvgIpc) is 3.53. The van der Waals surface area contributed by atoms with Crippen LogP contribution in [0.1, 0.15) is 33.6 Å². The molecule has 1 aliphatic heterocycles. The van der Waals surface area contributed by atoms with Gasteiger partial charge in [0.15, 0.2) is 0 Å². The number of nitrogens with zero attached hydrogens (tertiary/aromatic N) is 1. The molecule has 4 rings (SSSR count). The number of hydrogen-bond acceptors (Lipinski definition) is 4. The van der Waals surface area contributed by atoms with Crippen molar-refractivity contribution in [2.24, 2.45) is 0 Å². The normalized spacial score (nSPS) is 16.7. The maximum Gasteiger partial charge on any atom is 0.255 e. The Hall–Kier alpha value is -2.86. The molecule has 0 bridgehead atoms. The maximum absolute atomic E-state index is 12.8. The van der Waals surface area contributed by atoms with Crippen LogP contribution in [-0.4, -0.2) is 44.2 Å². The van der Waals surface area contributed by atoms with E-state index in [1.165, 1.54) is 0 Å². The van der Waals surface area contributed by atoms with Crippen LogP contribution in [0.2, 0.25) is 0 Å². The van der Waals surface area contributed by atoms with E-state index < -0.39 is 0 Å². The van der Waals surface area contributed by atoms with Crippen molar-refractivity contribution in [3.8, 4) is 0 Å². The van der Waals surface area contributed by atoms with Crippen LogP contribution in [-0.2, 0) is 4.74 Å². The topological polar surface area (TPSA) is 70.7 Å². The van der Waals surface area contributed by atoms with E-state index in [2.05, 4.69) is 15.5 Å². The predicted molar refractivity (Wildman–Crippen MR) is 104 cm³/mol. The Balaban J connectivity index is 1.50. The quantitative estimate of drug-likeness (QED) is 0.855. The number of anilines is 2. The van der Waals surface area contributed by atoms with E-state index in [4.69, 9.17) is 4.74 Å². The van der Waals surface area contributed by atoms with E-state index in [-0.39, 0.29) is 17.9 Å². The Morgan fingerprint density at radius 3 is 2.37 bits per heavy atom. The molecule has 2 aliphatic rings. The van der Waals surface area contributed by atoms with Gasteiger partial charge in [-0.05, 0) is 43.2 Å². The first-order chi connectivity index (χ1) is 13.2. The zero-order valence-corrected chi connectivity index (χ0v) is 15.1. The lowest BCUT2D eigenvalue weighted by molar-refractivity contribution is 0.0951. The maximum atomic E-state index is 12.8. The van der Waals surface area contributed by atoms with Gasteiger partial charge in [-0.3, -0.25) is 9.59 Å². The zero-order chi connectivity index (χ0) is 18.6. The predicted octanol–water partition coefficient (Wildman–Crippen LogP) is 2.67. The van der Waals surface area contributed by atoms with Crippen molar-refractivity contribution >= 4 is 23.2 Å². The zero-order valence-electron chi connectivity index (χ0n) is 15.1. The summed E-state index contributed by atoms with van der Waals surface area (Å²) >= 11 is 0. The first-order valence-corrected chi connectivity index (χ1v) is 9.35. The highest BCUT2D eigenvalue weighted by atomic mass is 16.5. The second-order valence-corrected chi connectivity index (χ2v) is 6.90. The minimum Gasteiger partial charge on any atom is -0.378 e. The molecule has 1 saturated carbocycles. The van der Waals surface area contributed by atoms with Gasteiger partial charge in [0.2, 0.25) is 0 Å². The second kappa shape index (κ2) is 7.80. The summed E-state index contributed by atoms with van der Waals surface area (Å²) in [5.41, 5.74) is 2.72. The van der Waals surface area contributed by atoms with E-state index in [0.717, 1.165) is 37.3 Å². The molecule has 6 nitrogen and oxygen atoms in total. The Bertz CT molecular complexity index is 842. The molecule has 0 radical (unpaired) electrons. The number of benzene rings is 2. The van der Waals surface area contributed by atoms with Crippen LogP contribution in [0.15, 0.2) is 48.5 Å². The molecule has 2 N–H and O–H groups in total. The van der Waals surface area contributed by atoms with Crippen LogP contribution in [0.3, 0.4) is 0 Å². The Morgan fingerprint density at radius 2 is 1.63 bits per heavy atom. The fraction of sp³-hybridized carbons (Fsp3) is 0.333. The summed E-state index contributed by atoms with van der Waals surface area (Å²) in [6, 6.07) is 14.9. The molecule has 1 saturated heterocycles. The van der Waals surface area contributed by atoms with Gasteiger partial charge in [0, 0.05) is 30.3 Å². The van der Waals surface area contributed by atoms with Gasteiger partial charge in [-0.2, -0.15) is 0 Å². The number of rotatable bonds is 5. The number of morpholine rings is 1. The first kappa shape index (κ1) is 17.5. The molecular formula is C21H23N3O3. The molecule has 0 atom stereocenters. The van der Waals surface area contributed by atoms with Crippen molar-refractivity contribution in [2.45, 2.75) is 18.9 Å². The lowest BCUT2D eigenvalue weighted by atomic mass is 10.1. The average molecular weight is 365 g/mol. The molecule has 0 unspecified atom stereocenters. The number of carbonyl (C=O) groups excluding carboxylic acids is 2. The molecule has 0 spiro atoms. The highest BCUT2D eigenvalue weighted by molar-refractivity contribution is 6.07. The van der Waals surface area contributed by atoms with E-state index in [1.807, 2.05) is 24.3 Å². The van der Waals surface area contributed by atoms with Gasteiger partial charge in [0.1, 0.15) is 0 Å². The van der Waals surface area contributed by atoms with Crippen LogP contribution in [0, 0.1) is 0 Å². The highest BCUT2D eigenvalue weighted by Crippen LogP contribution is 2.27. The van der Waals surface area contributed by atoms with Crippen LogP contribution < -0.4 is 15.5 Å². The van der Waals surface area contributed by atoms with E-state index in [1.54, 1.807) is 24.3 Å². The van der Waals surface area contributed by atoms with Gasteiger partial charge in [-0.25, -0.2) is 0 Å². The molecule has 1 heterocycles. The Morgan fingerprint density at radius 1 is 0.926 bits per heavy atom. The van der Waals surface area contributed by atoms with Gasteiger partial charge in [0.05, 0.1) is 24.6 Å². The third-order valence-electron chi connectivity index (χ3n) is 4.80. The van der Waals surface area contributed by atoms with Gasteiger partial charge >= 0.3 is 0 Å². The summed E-state index contributed by atoms with van der Waals surface area (Å²) in [4.78, 5) is 27.2. The number of ether oxygens (including phenoxy) is 1. The number of para-hydroxylation sites is 2. The van der Waals surface area contributed by atoms with Crippen LogP contribution in [0.5, 0.6) is 0 Å². The van der Waals surface area contributed by atoms with Gasteiger partial charge in [-0.1, -0.05) is 18.2 Å². The molecule has 0 aromatic heterocycles. The van der Waals surface area contributed by atoms with E-state index in [9.17, 15) is 9.59 Å². The lowest BCUT2D eigenvalue weighted by Gasteiger charge is -2.30. The Labute approximate surface area is 158 Å². The molecule has 6 heteroatoms. The van der Waals surface area contributed by atoms with Crippen molar-refractivity contribution in [3.63, 3.8) is 0 Å². The van der Waals surface area contributed by atoms with Crippen molar-refractivity contribution in [3.05, 3.63) is 59.7 Å². The smallest absolute Gasteiger partial charge is 0.255 e. The van der Waals surface area contributed by atoms with Crippen molar-refractivity contribution in [1.29, 1.82) is 0 Å². The van der Waals surface area contributed by atoms with Gasteiger partial charge in [-0.15, -0.1) is 0 Å². The molecule has 2 amide bonds. The first-order valence-electron chi connectivity index (χ1n) is 9.35. The summed E-state index contributed by atoms with van der Waals surface area (Å²) in [7, 11) is 0.